The van der Waals surface area contributed by atoms with Crippen LogP contribution in [0.3, 0.4) is 0 Å². The quantitative estimate of drug-likeness (QED) is 0.470. The van der Waals surface area contributed by atoms with Gasteiger partial charge >= 0.3 is 11.9 Å². The number of carbonyl (C=O) groups excluding carboxylic acids is 2. The number of carbonyl (C=O) groups is 2. The Morgan fingerprint density at radius 3 is 2.54 bits per heavy atom. The van der Waals surface area contributed by atoms with E-state index in [0.717, 1.165) is 0 Å². The van der Waals surface area contributed by atoms with Gasteiger partial charge < -0.3 is 13.9 Å². The van der Waals surface area contributed by atoms with E-state index in [1.54, 1.807) is 6.92 Å². The summed E-state index contributed by atoms with van der Waals surface area (Å²) in [6, 6.07) is 5.79. The number of methoxy groups -OCH3 is 1. The Labute approximate surface area is 137 Å². The van der Waals surface area contributed by atoms with E-state index in [1.807, 2.05) is 0 Å². The highest BCUT2D eigenvalue weighted by Gasteiger charge is 2.24. The number of para-hydroxylation sites is 1. The first-order valence-electron chi connectivity index (χ1n) is 6.94. The van der Waals surface area contributed by atoms with Gasteiger partial charge in [0.25, 0.3) is 5.69 Å². The summed E-state index contributed by atoms with van der Waals surface area (Å²) in [6.07, 6.45) is 0. The molecule has 2 rings (SSSR count). The van der Waals surface area contributed by atoms with Crippen molar-refractivity contribution in [2.24, 2.45) is 0 Å². The highest BCUT2D eigenvalue weighted by atomic mass is 16.6. The van der Waals surface area contributed by atoms with Gasteiger partial charge in [0.2, 0.25) is 0 Å². The summed E-state index contributed by atoms with van der Waals surface area (Å²) in [7, 11) is 1.24. The van der Waals surface area contributed by atoms with Gasteiger partial charge in [0, 0.05) is 5.56 Å². The Kier molecular flexibility index (Phi) is 4.98. The molecule has 1 aromatic heterocycles. The molecule has 2 aromatic rings. The number of nitro benzene ring substituents is 1. The van der Waals surface area contributed by atoms with E-state index in [2.05, 4.69) is 4.74 Å². The van der Waals surface area contributed by atoms with Gasteiger partial charge in [-0.2, -0.15) is 0 Å². The van der Waals surface area contributed by atoms with E-state index in [4.69, 9.17) is 9.15 Å². The number of nitrogens with zero attached hydrogens (tertiary/aromatic N) is 1. The first-order valence-corrected chi connectivity index (χ1v) is 6.94. The summed E-state index contributed by atoms with van der Waals surface area (Å²) in [5.74, 6) is -0.854. The molecule has 8 nitrogen and oxygen atoms in total. The third-order valence-corrected chi connectivity index (χ3v) is 3.36. The van der Waals surface area contributed by atoms with E-state index in [9.17, 15) is 19.7 Å². The maximum Gasteiger partial charge on any atom is 0.345 e. The van der Waals surface area contributed by atoms with Crippen LogP contribution in [0.2, 0.25) is 0 Å². The fourth-order valence-corrected chi connectivity index (χ4v) is 2.21. The predicted molar refractivity (Wildman–Crippen MR) is 81.7 cm³/mol. The van der Waals surface area contributed by atoms with E-state index in [0.29, 0.717) is 11.3 Å². The van der Waals surface area contributed by atoms with Gasteiger partial charge in [-0.3, -0.25) is 10.1 Å². The van der Waals surface area contributed by atoms with Gasteiger partial charge in [0.15, 0.2) is 0 Å². The van der Waals surface area contributed by atoms with Crippen LogP contribution in [-0.2, 0) is 16.1 Å². The lowest BCUT2D eigenvalue weighted by atomic mass is 10.1. The van der Waals surface area contributed by atoms with Gasteiger partial charge in [-0.15, -0.1) is 0 Å². The van der Waals surface area contributed by atoms with Gasteiger partial charge in [-0.05, 0) is 26.0 Å². The fourth-order valence-electron chi connectivity index (χ4n) is 2.21. The molecule has 0 aliphatic carbocycles. The SMILES string of the molecule is COC(=O)c1cc(COC(=O)c2cccc(C)c2[N+](=O)[O-])oc1C. The summed E-state index contributed by atoms with van der Waals surface area (Å²) in [4.78, 5) is 34.1. The molecule has 126 valence electrons. The van der Waals surface area contributed by atoms with Crippen LogP contribution in [0, 0.1) is 24.0 Å². The van der Waals surface area contributed by atoms with E-state index in [-0.39, 0.29) is 29.2 Å². The van der Waals surface area contributed by atoms with Crippen molar-refractivity contribution in [3.8, 4) is 0 Å². The monoisotopic (exact) mass is 333 g/mol. The number of aryl methyl sites for hydroxylation is 2. The molecule has 0 amide bonds. The molecule has 8 heteroatoms. The maximum atomic E-state index is 12.1. The third kappa shape index (κ3) is 3.43. The number of ether oxygens (including phenoxy) is 2. The van der Waals surface area contributed by atoms with Crippen molar-refractivity contribution in [3.63, 3.8) is 0 Å². The Bertz CT molecular complexity index is 807. The van der Waals surface area contributed by atoms with Crippen LogP contribution < -0.4 is 0 Å². The molecular weight excluding hydrogens is 318 g/mol. The highest BCUT2D eigenvalue weighted by molar-refractivity contribution is 5.94. The number of esters is 2. The lowest BCUT2D eigenvalue weighted by Gasteiger charge is -2.05. The largest absolute Gasteiger partial charge is 0.465 e. The second kappa shape index (κ2) is 6.95. The first-order chi connectivity index (χ1) is 11.3. The van der Waals surface area contributed by atoms with Gasteiger partial charge in [-0.25, -0.2) is 9.59 Å². The summed E-state index contributed by atoms with van der Waals surface area (Å²) >= 11 is 0. The minimum absolute atomic E-state index is 0.142. The Balaban J connectivity index is 2.16. The van der Waals surface area contributed by atoms with Gasteiger partial charge in [-0.1, -0.05) is 12.1 Å². The van der Waals surface area contributed by atoms with Crippen molar-refractivity contribution in [1.29, 1.82) is 0 Å². The molecule has 24 heavy (non-hydrogen) atoms. The van der Waals surface area contributed by atoms with Crippen LogP contribution in [0.15, 0.2) is 28.7 Å². The molecule has 0 fully saturated rings. The van der Waals surface area contributed by atoms with Crippen LogP contribution in [0.5, 0.6) is 0 Å². The van der Waals surface area contributed by atoms with Gasteiger partial charge in [0.05, 0.1) is 12.0 Å². The molecule has 0 aliphatic rings. The third-order valence-electron chi connectivity index (χ3n) is 3.36. The number of hydrogen-bond acceptors (Lipinski definition) is 7. The Hall–Kier alpha value is -3.16. The molecule has 0 bridgehead atoms. The Morgan fingerprint density at radius 2 is 1.92 bits per heavy atom. The standard InChI is InChI=1S/C16H15NO7/c1-9-5-4-6-12(14(9)17(20)21)16(19)23-8-11-7-13(10(2)24-11)15(18)22-3/h4-7H,8H2,1-3H3. The van der Waals surface area contributed by atoms with Crippen LogP contribution in [0.1, 0.15) is 37.8 Å². The molecule has 1 aromatic carbocycles. The molecule has 0 N–H and O–H groups in total. The molecule has 0 spiro atoms. The smallest absolute Gasteiger partial charge is 0.345 e. The average molecular weight is 333 g/mol. The summed E-state index contributed by atoms with van der Waals surface area (Å²) in [6.45, 7) is 2.85. The van der Waals surface area contributed by atoms with Crippen LogP contribution in [0.4, 0.5) is 5.69 Å². The van der Waals surface area contributed by atoms with Crippen molar-refractivity contribution < 1.29 is 28.4 Å². The molecule has 0 radical (unpaired) electrons. The molecule has 0 aliphatic heterocycles. The summed E-state index contributed by atoms with van der Waals surface area (Å²) < 4.78 is 15.0. The highest BCUT2D eigenvalue weighted by Crippen LogP contribution is 2.24. The number of furan rings is 1. The summed E-state index contributed by atoms with van der Waals surface area (Å²) in [5, 5.41) is 11.1. The van der Waals surface area contributed by atoms with E-state index >= 15 is 0 Å². The zero-order valence-electron chi connectivity index (χ0n) is 13.3. The predicted octanol–water partition coefficient (Wildman–Crippen LogP) is 2.95. The molecule has 0 saturated heterocycles. The van der Waals surface area contributed by atoms with E-state index < -0.39 is 16.9 Å². The topological polar surface area (TPSA) is 109 Å². The molecule has 0 unspecified atom stereocenters. The van der Waals surface area contributed by atoms with Crippen LogP contribution >= 0.6 is 0 Å². The van der Waals surface area contributed by atoms with Crippen molar-refractivity contribution in [2.75, 3.05) is 7.11 Å². The molecule has 0 atom stereocenters. The minimum Gasteiger partial charge on any atom is -0.465 e. The number of hydrogen-bond donors (Lipinski definition) is 0. The fraction of sp³-hybridized carbons (Fsp3) is 0.250. The lowest BCUT2D eigenvalue weighted by molar-refractivity contribution is -0.385. The number of rotatable bonds is 5. The lowest BCUT2D eigenvalue weighted by Crippen LogP contribution is -2.09. The van der Waals surface area contributed by atoms with E-state index in [1.165, 1.54) is 38.3 Å². The van der Waals surface area contributed by atoms with Gasteiger partial charge in [0.1, 0.15) is 29.3 Å². The second-order valence-corrected chi connectivity index (χ2v) is 4.98. The number of nitro groups is 1. The zero-order chi connectivity index (χ0) is 17.9. The molecule has 1 heterocycles. The normalized spacial score (nSPS) is 10.3. The molecule has 0 saturated carbocycles. The number of benzene rings is 1. The Morgan fingerprint density at radius 1 is 1.21 bits per heavy atom. The van der Waals surface area contributed by atoms with Crippen molar-refractivity contribution in [1.82, 2.24) is 0 Å². The second-order valence-electron chi connectivity index (χ2n) is 4.98. The van der Waals surface area contributed by atoms with Crippen molar-refractivity contribution in [3.05, 3.63) is 62.6 Å². The minimum atomic E-state index is -0.848. The average Bonchev–Trinajstić information content (AvgIpc) is 2.92. The zero-order valence-corrected chi connectivity index (χ0v) is 13.3. The van der Waals surface area contributed by atoms with Crippen LogP contribution in [-0.4, -0.2) is 24.0 Å². The maximum absolute atomic E-state index is 12.1. The van der Waals surface area contributed by atoms with Crippen molar-refractivity contribution in [2.45, 2.75) is 20.5 Å². The molecular formula is C16H15NO7. The van der Waals surface area contributed by atoms with Crippen LogP contribution in [0.25, 0.3) is 0 Å². The van der Waals surface area contributed by atoms with Crippen molar-refractivity contribution >= 4 is 17.6 Å². The first kappa shape index (κ1) is 17.2. The summed E-state index contributed by atoms with van der Waals surface area (Å²) in [5.41, 5.74) is 0.145.